The highest BCUT2D eigenvalue weighted by molar-refractivity contribution is 7.11. The summed E-state index contributed by atoms with van der Waals surface area (Å²) in [6, 6.07) is 3.75. The maximum atomic E-state index is 11.3. The van der Waals surface area contributed by atoms with Crippen LogP contribution in [0.3, 0.4) is 0 Å². The summed E-state index contributed by atoms with van der Waals surface area (Å²) in [6.07, 6.45) is 2.06. The molecule has 1 aromatic heterocycles. The molecule has 0 unspecified atom stereocenters. The number of carbonyl (C=O) groups excluding carboxylic acids is 2. The van der Waals surface area contributed by atoms with E-state index in [0.717, 1.165) is 12.8 Å². The van der Waals surface area contributed by atoms with Crippen molar-refractivity contribution in [2.75, 3.05) is 6.61 Å². The van der Waals surface area contributed by atoms with Gasteiger partial charge in [-0.15, -0.1) is 11.3 Å². The van der Waals surface area contributed by atoms with E-state index in [4.69, 9.17) is 4.74 Å². The molecule has 4 nitrogen and oxygen atoms in total. The summed E-state index contributed by atoms with van der Waals surface area (Å²) in [4.78, 5) is 23.0. The van der Waals surface area contributed by atoms with Gasteiger partial charge < -0.3 is 10.1 Å². The largest absolute Gasteiger partial charge is 0.451 e. The van der Waals surface area contributed by atoms with Gasteiger partial charge in [0.1, 0.15) is 4.88 Å². The highest BCUT2D eigenvalue weighted by Crippen LogP contribution is 2.18. The van der Waals surface area contributed by atoms with Crippen LogP contribution in [0.4, 0.5) is 0 Å². The van der Waals surface area contributed by atoms with Crippen LogP contribution < -0.4 is 5.32 Å². The van der Waals surface area contributed by atoms with E-state index in [9.17, 15) is 9.59 Å². The minimum absolute atomic E-state index is 0.187. The molecule has 5 heteroatoms. The van der Waals surface area contributed by atoms with E-state index < -0.39 is 5.97 Å². The molecular formula is C10H11NO3S. The van der Waals surface area contributed by atoms with Crippen LogP contribution in [-0.4, -0.2) is 24.5 Å². The van der Waals surface area contributed by atoms with Crippen molar-refractivity contribution in [1.82, 2.24) is 5.32 Å². The Balaban J connectivity index is 1.72. The molecule has 1 saturated carbocycles. The maximum Gasteiger partial charge on any atom is 0.348 e. The molecule has 0 spiro atoms. The molecule has 1 aromatic rings. The molecule has 1 aliphatic carbocycles. The van der Waals surface area contributed by atoms with Crippen LogP contribution >= 0.6 is 11.3 Å². The van der Waals surface area contributed by atoms with Gasteiger partial charge in [-0.1, -0.05) is 6.07 Å². The minimum Gasteiger partial charge on any atom is -0.451 e. The molecule has 0 atom stereocenters. The van der Waals surface area contributed by atoms with Crippen molar-refractivity contribution in [1.29, 1.82) is 0 Å². The van der Waals surface area contributed by atoms with Crippen molar-refractivity contribution in [2.45, 2.75) is 18.9 Å². The van der Waals surface area contributed by atoms with Crippen molar-refractivity contribution < 1.29 is 14.3 Å². The Kier molecular flexibility index (Phi) is 3.01. The molecule has 2 rings (SSSR count). The Morgan fingerprint density at radius 3 is 2.93 bits per heavy atom. The molecule has 15 heavy (non-hydrogen) atoms. The fourth-order valence-corrected chi connectivity index (χ4v) is 1.71. The third-order valence-corrected chi connectivity index (χ3v) is 2.85. The molecule has 1 aliphatic rings. The SMILES string of the molecule is O=C(COC(=O)c1cccs1)NC1CC1. The first-order valence-electron chi connectivity index (χ1n) is 4.75. The molecule has 0 saturated heterocycles. The van der Waals surface area contributed by atoms with Gasteiger partial charge >= 0.3 is 5.97 Å². The molecule has 0 bridgehead atoms. The topological polar surface area (TPSA) is 55.4 Å². The second kappa shape index (κ2) is 4.44. The summed E-state index contributed by atoms with van der Waals surface area (Å²) in [7, 11) is 0. The van der Waals surface area contributed by atoms with Gasteiger partial charge in [0.15, 0.2) is 6.61 Å². The van der Waals surface area contributed by atoms with Gasteiger partial charge in [-0.3, -0.25) is 4.79 Å². The Morgan fingerprint density at radius 2 is 2.33 bits per heavy atom. The van der Waals surface area contributed by atoms with Gasteiger partial charge in [-0.2, -0.15) is 0 Å². The maximum absolute atomic E-state index is 11.3. The summed E-state index contributed by atoms with van der Waals surface area (Å²) in [5, 5.41) is 4.53. The van der Waals surface area contributed by atoms with E-state index in [2.05, 4.69) is 5.32 Å². The average Bonchev–Trinajstić information content (AvgIpc) is 2.86. The summed E-state index contributed by atoms with van der Waals surface area (Å²) < 4.78 is 4.84. The van der Waals surface area contributed by atoms with Gasteiger partial charge in [0, 0.05) is 6.04 Å². The Hall–Kier alpha value is -1.36. The molecule has 1 heterocycles. The first kappa shape index (κ1) is 10.2. The third kappa shape index (κ3) is 3.06. The van der Waals surface area contributed by atoms with Crippen molar-refractivity contribution in [3.63, 3.8) is 0 Å². The number of rotatable bonds is 4. The van der Waals surface area contributed by atoms with Crippen LogP contribution in [-0.2, 0) is 9.53 Å². The van der Waals surface area contributed by atoms with Gasteiger partial charge in [-0.05, 0) is 24.3 Å². The fourth-order valence-electron chi connectivity index (χ4n) is 1.09. The Morgan fingerprint density at radius 1 is 1.53 bits per heavy atom. The first-order chi connectivity index (χ1) is 7.25. The Bertz CT molecular complexity index is 357. The number of nitrogens with one attached hydrogen (secondary N) is 1. The number of hydrogen-bond donors (Lipinski definition) is 1. The number of hydrogen-bond acceptors (Lipinski definition) is 4. The van der Waals surface area contributed by atoms with E-state index in [1.807, 2.05) is 0 Å². The summed E-state index contributed by atoms with van der Waals surface area (Å²) >= 11 is 1.30. The molecule has 0 aliphatic heterocycles. The third-order valence-electron chi connectivity index (χ3n) is 2.00. The predicted octanol–water partition coefficient (Wildman–Crippen LogP) is 1.18. The van der Waals surface area contributed by atoms with Crippen molar-refractivity contribution in [3.8, 4) is 0 Å². The zero-order valence-corrected chi connectivity index (χ0v) is 8.88. The van der Waals surface area contributed by atoms with Crippen molar-refractivity contribution >= 4 is 23.2 Å². The molecular weight excluding hydrogens is 214 g/mol. The standard InChI is InChI=1S/C10H11NO3S/c12-9(11-7-3-4-7)6-14-10(13)8-2-1-5-15-8/h1-2,5,7H,3-4,6H2,(H,11,12). The molecule has 0 aromatic carbocycles. The normalized spacial score (nSPS) is 14.7. The zero-order valence-electron chi connectivity index (χ0n) is 8.06. The van der Waals surface area contributed by atoms with Crippen LogP contribution in [0.2, 0.25) is 0 Å². The van der Waals surface area contributed by atoms with E-state index in [1.54, 1.807) is 17.5 Å². The van der Waals surface area contributed by atoms with Gasteiger partial charge in [-0.25, -0.2) is 4.79 Å². The first-order valence-corrected chi connectivity index (χ1v) is 5.63. The van der Waals surface area contributed by atoms with E-state index in [0.29, 0.717) is 10.9 Å². The van der Waals surface area contributed by atoms with Crippen molar-refractivity contribution in [3.05, 3.63) is 22.4 Å². The van der Waals surface area contributed by atoms with Crippen LogP contribution in [0.1, 0.15) is 22.5 Å². The highest BCUT2D eigenvalue weighted by Gasteiger charge is 2.23. The number of ether oxygens (including phenoxy) is 1. The van der Waals surface area contributed by atoms with Crippen molar-refractivity contribution in [2.24, 2.45) is 0 Å². The predicted molar refractivity (Wildman–Crippen MR) is 55.8 cm³/mol. The van der Waals surface area contributed by atoms with Gasteiger partial charge in [0.05, 0.1) is 0 Å². The lowest BCUT2D eigenvalue weighted by molar-refractivity contribution is -0.124. The second-order valence-corrected chi connectivity index (χ2v) is 4.34. The number of esters is 1. The summed E-state index contributed by atoms with van der Waals surface area (Å²) in [5.74, 6) is -0.654. The fraction of sp³-hybridized carbons (Fsp3) is 0.400. The quantitative estimate of drug-likeness (QED) is 0.783. The van der Waals surface area contributed by atoms with E-state index in [-0.39, 0.29) is 12.5 Å². The van der Waals surface area contributed by atoms with E-state index in [1.165, 1.54) is 11.3 Å². The second-order valence-electron chi connectivity index (χ2n) is 3.40. The number of carbonyl (C=O) groups is 2. The van der Waals surface area contributed by atoms with Gasteiger partial charge in [0.2, 0.25) is 0 Å². The monoisotopic (exact) mass is 225 g/mol. The number of thiophene rings is 1. The lowest BCUT2D eigenvalue weighted by Gasteiger charge is -2.03. The molecule has 1 amide bonds. The molecule has 1 N–H and O–H groups in total. The van der Waals surface area contributed by atoms with Crippen LogP contribution in [0.25, 0.3) is 0 Å². The molecule has 0 radical (unpaired) electrons. The minimum atomic E-state index is -0.434. The highest BCUT2D eigenvalue weighted by atomic mass is 32.1. The summed E-state index contributed by atoms with van der Waals surface area (Å²) in [6.45, 7) is -0.187. The smallest absolute Gasteiger partial charge is 0.348 e. The van der Waals surface area contributed by atoms with Crippen LogP contribution in [0.5, 0.6) is 0 Å². The number of amides is 1. The van der Waals surface area contributed by atoms with Crippen LogP contribution in [0.15, 0.2) is 17.5 Å². The van der Waals surface area contributed by atoms with E-state index >= 15 is 0 Å². The summed E-state index contributed by atoms with van der Waals surface area (Å²) in [5.41, 5.74) is 0. The zero-order chi connectivity index (χ0) is 10.7. The van der Waals surface area contributed by atoms with Gasteiger partial charge in [0.25, 0.3) is 5.91 Å². The lowest BCUT2D eigenvalue weighted by Crippen LogP contribution is -2.30. The molecule has 80 valence electrons. The average molecular weight is 225 g/mol. The Labute approximate surface area is 91.2 Å². The van der Waals surface area contributed by atoms with Crippen LogP contribution in [0, 0.1) is 0 Å². The molecule has 1 fully saturated rings. The lowest BCUT2D eigenvalue weighted by atomic mass is 10.5.